The highest BCUT2D eigenvalue weighted by Gasteiger charge is 2.10. The van der Waals surface area contributed by atoms with Crippen LogP contribution in [0.1, 0.15) is 20.3 Å². The molecule has 20 heavy (non-hydrogen) atoms. The zero-order valence-electron chi connectivity index (χ0n) is 11.5. The average Bonchev–Trinajstić information content (AvgIpc) is 2.49. The molecule has 0 saturated heterocycles. The van der Waals surface area contributed by atoms with Crippen LogP contribution in [-0.4, -0.2) is 9.97 Å². The molecule has 1 aromatic heterocycles. The SMILES string of the molecule is C/C=C(\CC)N(N)c1ncc(-c2ccccc2F)cn1. The van der Waals surface area contributed by atoms with Gasteiger partial charge >= 0.3 is 0 Å². The topological polar surface area (TPSA) is 55.0 Å². The second kappa shape index (κ2) is 6.25. The maximum atomic E-state index is 13.7. The van der Waals surface area contributed by atoms with Crippen molar-refractivity contribution in [2.45, 2.75) is 20.3 Å². The van der Waals surface area contributed by atoms with Gasteiger partial charge in [0, 0.05) is 29.2 Å². The molecular formula is C15H17FN4. The first-order valence-electron chi connectivity index (χ1n) is 6.44. The molecule has 0 aliphatic heterocycles. The van der Waals surface area contributed by atoms with E-state index in [0.717, 1.165) is 12.1 Å². The third kappa shape index (κ3) is 2.83. The second-order valence-electron chi connectivity index (χ2n) is 4.26. The highest BCUT2D eigenvalue weighted by molar-refractivity contribution is 5.62. The molecule has 0 atom stereocenters. The molecule has 0 aliphatic rings. The minimum absolute atomic E-state index is 0.295. The van der Waals surface area contributed by atoms with Gasteiger partial charge in [0.2, 0.25) is 5.95 Å². The monoisotopic (exact) mass is 272 g/mol. The van der Waals surface area contributed by atoms with Crippen LogP contribution in [0.25, 0.3) is 11.1 Å². The standard InChI is InChI=1S/C15H17FN4/c1-3-12(4-2)20(17)15-18-9-11(10-19-15)13-7-5-6-8-14(13)16/h3,5-10H,4,17H2,1-2H3/b12-3+. The molecule has 0 spiro atoms. The van der Waals surface area contributed by atoms with Gasteiger partial charge in [-0.05, 0) is 19.4 Å². The van der Waals surface area contributed by atoms with Crippen LogP contribution in [0.2, 0.25) is 0 Å². The lowest BCUT2D eigenvalue weighted by Crippen LogP contribution is -2.31. The van der Waals surface area contributed by atoms with E-state index in [0.29, 0.717) is 17.1 Å². The summed E-state index contributed by atoms with van der Waals surface area (Å²) in [6, 6.07) is 6.52. The fourth-order valence-corrected chi connectivity index (χ4v) is 1.92. The molecule has 1 heterocycles. The second-order valence-corrected chi connectivity index (χ2v) is 4.26. The van der Waals surface area contributed by atoms with E-state index in [-0.39, 0.29) is 5.82 Å². The molecule has 1 aromatic carbocycles. The van der Waals surface area contributed by atoms with Gasteiger partial charge in [0.1, 0.15) is 5.82 Å². The van der Waals surface area contributed by atoms with E-state index in [1.165, 1.54) is 11.1 Å². The first kappa shape index (κ1) is 14.1. The van der Waals surface area contributed by atoms with Gasteiger partial charge in [-0.15, -0.1) is 0 Å². The number of benzene rings is 1. The lowest BCUT2D eigenvalue weighted by atomic mass is 10.1. The highest BCUT2D eigenvalue weighted by atomic mass is 19.1. The van der Waals surface area contributed by atoms with E-state index in [9.17, 15) is 4.39 Å². The van der Waals surface area contributed by atoms with Crippen molar-refractivity contribution < 1.29 is 4.39 Å². The minimum atomic E-state index is -0.295. The van der Waals surface area contributed by atoms with Crippen molar-refractivity contribution in [3.63, 3.8) is 0 Å². The van der Waals surface area contributed by atoms with Gasteiger partial charge in [0.05, 0.1) is 0 Å². The maximum absolute atomic E-state index is 13.7. The molecule has 0 saturated carbocycles. The van der Waals surface area contributed by atoms with Crippen molar-refractivity contribution in [3.05, 3.63) is 54.2 Å². The summed E-state index contributed by atoms with van der Waals surface area (Å²) in [6.45, 7) is 3.91. The summed E-state index contributed by atoms with van der Waals surface area (Å²) >= 11 is 0. The Kier molecular flexibility index (Phi) is 4.42. The van der Waals surface area contributed by atoms with Gasteiger partial charge in [0.25, 0.3) is 0 Å². The fraction of sp³-hybridized carbons (Fsp3) is 0.200. The van der Waals surface area contributed by atoms with Crippen molar-refractivity contribution in [2.75, 3.05) is 5.01 Å². The molecule has 0 fully saturated rings. The number of hydrogen-bond acceptors (Lipinski definition) is 4. The Morgan fingerprint density at radius 3 is 2.50 bits per heavy atom. The van der Waals surface area contributed by atoms with E-state index in [1.807, 2.05) is 19.9 Å². The molecule has 0 amide bonds. The normalized spacial score (nSPS) is 11.5. The van der Waals surface area contributed by atoms with E-state index in [4.69, 9.17) is 5.84 Å². The number of rotatable bonds is 4. The molecule has 104 valence electrons. The quantitative estimate of drug-likeness (QED) is 0.685. The van der Waals surface area contributed by atoms with Crippen molar-refractivity contribution in [2.24, 2.45) is 5.84 Å². The third-order valence-electron chi connectivity index (χ3n) is 3.04. The van der Waals surface area contributed by atoms with Crippen LogP contribution in [0, 0.1) is 5.82 Å². The number of anilines is 1. The number of nitrogens with two attached hydrogens (primary N) is 1. The van der Waals surface area contributed by atoms with E-state index >= 15 is 0 Å². The Labute approximate surface area is 117 Å². The number of allylic oxidation sites excluding steroid dienone is 2. The van der Waals surface area contributed by atoms with Gasteiger partial charge in [-0.25, -0.2) is 20.2 Å². The molecule has 2 N–H and O–H groups in total. The molecule has 0 unspecified atom stereocenters. The summed E-state index contributed by atoms with van der Waals surface area (Å²) in [5.74, 6) is 6.04. The molecule has 0 radical (unpaired) electrons. The summed E-state index contributed by atoms with van der Waals surface area (Å²) in [7, 11) is 0. The van der Waals surface area contributed by atoms with Gasteiger partial charge in [0.15, 0.2) is 0 Å². The Bertz CT molecular complexity index is 608. The van der Waals surface area contributed by atoms with Crippen molar-refractivity contribution in [1.82, 2.24) is 9.97 Å². The Hall–Kier alpha value is -2.27. The molecule has 5 heteroatoms. The predicted molar refractivity (Wildman–Crippen MR) is 78.1 cm³/mol. The average molecular weight is 272 g/mol. The molecular weight excluding hydrogens is 255 g/mol. The molecule has 4 nitrogen and oxygen atoms in total. The first-order valence-corrected chi connectivity index (χ1v) is 6.44. The van der Waals surface area contributed by atoms with Crippen LogP contribution in [0.4, 0.5) is 10.3 Å². The largest absolute Gasteiger partial charge is 0.251 e. The summed E-state index contributed by atoms with van der Waals surface area (Å²) in [5.41, 5.74) is 2.02. The number of hydrazine groups is 1. The van der Waals surface area contributed by atoms with E-state index in [2.05, 4.69) is 9.97 Å². The van der Waals surface area contributed by atoms with Crippen molar-refractivity contribution >= 4 is 5.95 Å². The van der Waals surface area contributed by atoms with Crippen LogP contribution in [0.3, 0.4) is 0 Å². The molecule has 2 rings (SSSR count). The molecule has 0 bridgehead atoms. The summed E-state index contributed by atoms with van der Waals surface area (Å²) in [6.07, 6.45) is 5.84. The molecule has 0 aliphatic carbocycles. The van der Waals surface area contributed by atoms with Crippen molar-refractivity contribution in [1.29, 1.82) is 0 Å². The maximum Gasteiger partial charge on any atom is 0.244 e. The van der Waals surface area contributed by atoms with Gasteiger partial charge < -0.3 is 0 Å². The third-order valence-corrected chi connectivity index (χ3v) is 3.04. The van der Waals surface area contributed by atoms with Gasteiger partial charge in [-0.1, -0.05) is 31.2 Å². The number of halogens is 1. The van der Waals surface area contributed by atoms with Crippen LogP contribution in [0.5, 0.6) is 0 Å². The van der Waals surface area contributed by atoms with Crippen LogP contribution in [-0.2, 0) is 0 Å². The fourth-order valence-electron chi connectivity index (χ4n) is 1.92. The number of aromatic nitrogens is 2. The lowest BCUT2D eigenvalue weighted by molar-refractivity contribution is 0.631. The Balaban J connectivity index is 2.29. The molecule has 2 aromatic rings. The van der Waals surface area contributed by atoms with Gasteiger partial charge in [-0.2, -0.15) is 0 Å². The zero-order valence-corrected chi connectivity index (χ0v) is 11.5. The van der Waals surface area contributed by atoms with Crippen LogP contribution in [0.15, 0.2) is 48.4 Å². The van der Waals surface area contributed by atoms with Crippen LogP contribution >= 0.6 is 0 Å². The summed E-state index contributed by atoms with van der Waals surface area (Å²) < 4.78 is 13.7. The number of nitrogens with zero attached hydrogens (tertiary/aromatic N) is 3. The lowest BCUT2D eigenvalue weighted by Gasteiger charge is -2.18. The highest BCUT2D eigenvalue weighted by Crippen LogP contribution is 2.22. The van der Waals surface area contributed by atoms with Crippen molar-refractivity contribution in [3.8, 4) is 11.1 Å². The summed E-state index contributed by atoms with van der Waals surface area (Å²) in [4.78, 5) is 8.39. The predicted octanol–water partition coefficient (Wildman–Crippen LogP) is 3.28. The van der Waals surface area contributed by atoms with E-state index < -0.39 is 0 Å². The summed E-state index contributed by atoms with van der Waals surface area (Å²) in [5, 5.41) is 1.44. The minimum Gasteiger partial charge on any atom is -0.251 e. The Morgan fingerprint density at radius 2 is 1.95 bits per heavy atom. The van der Waals surface area contributed by atoms with Crippen LogP contribution < -0.4 is 10.9 Å². The Morgan fingerprint density at radius 1 is 1.30 bits per heavy atom. The van der Waals surface area contributed by atoms with Gasteiger partial charge in [-0.3, -0.25) is 5.01 Å². The zero-order chi connectivity index (χ0) is 14.5. The smallest absolute Gasteiger partial charge is 0.244 e. The van der Waals surface area contributed by atoms with E-state index in [1.54, 1.807) is 30.6 Å². The first-order chi connectivity index (χ1) is 9.67. The number of hydrogen-bond donors (Lipinski definition) is 1.